The van der Waals surface area contributed by atoms with Crippen LogP contribution in [0, 0.1) is 0 Å². The van der Waals surface area contributed by atoms with Crippen LogP contribution in [-0.2, 0) is 13.2 Å². The summed E-state index contributed by atoms with van der Waals surface area (Å²) in [6.45, 7) is 0.170. The van der Waals surface area contributed by atoms with Crippen molar-refractivity contribution in [3.05, 3.63) is 63.1 Å². The third-order valence-electron chi connectivity index (χ3n) is 2.50. The monoisotopic (exact) mass is 263 g/mol. The molecule has 2 rings (SSSR count). The zero-order valence-electron chi connectivity index (χ0n) is 10.1. The lowest BCUT2D eigenvalue weighted by molar-refractivity contribution is 0.235. The van der Waals surface area contributed by atoms with E-state index in [0.29, 0.717) is 6.54 Å². The van der Waals surface area contributed by atoms with Crippen molar-refractivity contribution in [1.82, 2.24) is 4.57 Å². The average molecular weight is 263 g/mol. The Bertz CT molecular complexity index is 658. The molecule has 1 N–H and O–H groups in total. The summed E-state index contributed by atoms with van der Waals surface area (Å²) in [5.41, 5.74) is -0.496. The van der Waals surface area contributed by atoms with E-state index in [4.69, 9.17) is 14.3 Å². The highest BCUT2D eigenvalue weighted by molar-refractivity contribution is 5.17. The van der Waals surface area contributed by atoms with Gasteiger partial charge in [-0.3, -0.25) is 9.59 Å². The summed E-state index contributed by atoms with van der Waals surface area (Å²) < 4.78 is 11.7. The molecule has 0 bridgehead atoms. The summed E-state index contributed by atoms with van der Waals surface area (Å²) in [5.74, 6) is 0.234. The number of aliphatic hydroxyl groups excluding tert-OH is 1. The Morgan fingerprint density at radius 3 is 2.84 bits per heavy atom. The van der Waals surface area contributed by atoms with E-state index in [2.05, 4.69) is 0 Å². The van der Waals surface area contributed by atoms with E-state index in [1.807, 2.05) is 0 Å². The SMILES string of the molecule is O=c1cc(CO)occ1OCCn1ccccc1=O. The van der Waals surface area contributed by atoms with Gasteiger partial charge in [-0.15, -0.1) is 0 Å². The molecule has 0 fully saturated rings. The lowest BCUT2D eigenvalue weighted by Crippen LogP contribution is -2.22. The number of aromatic nitrogens is 1. The first-order chi connectivity index (χ1) is 9.20. The van der Waals surface area contributed by atoms with Crippen LogP contribution in [0.15, 0.2) is 50.7 Å². The molecular weight excluding hydrogens is 250 g/mol. The predicted octanol–water partition coefficient (Wildman–Crippen LogP) is 0.373. The van der Waals surface area contributed by atoms with Crippen molar-refractivity contribution in [1.29, 1.82) is 0 Å². The van der Waals surface area contributed by atoms with Crippen molar-refractivity contribution < 1.29 is 14.3 Å². The molecule has 0 aliphatic rings. The van der Waals surface area contributed by atoms with Gasteiger partial charge in [-0.2, -0.15) is 0 Å². The molecule has 0 amide bonds. The van der Waals surface area contributed by atoms with Gasteiger partial charge in [0.25, 0.3) is 5.56 Å². The highest BCUT2D eigenvalue weighted by atomic mass is 16.5. The van der Waals surface area contributed by atoms with Crippen molar-refractivity contribution in [3.63, 3.8) is 0 Å². The molecule has 0 saturated carbocycles. The van der Waals surface area contributed by atoms with Gasteiger partial charge < -0.3 is 18.8 Å². The minimum Gasteiger partial charge on any atom is -0.485 e. The maximum Gasteiger partial charge on any atom is 0.250 e. The van der Waals surface area contributed by atoms with Gasteiger partial charge in [0.1, 0.15) is 25.2 Å². The fourth-order valence-electron chi connectivity index (χ4n) is 1.53. The lowest BCUT2D eigenvalue weighted by Gasteiger charge is -2.07. The molecule has 0 unspecified atom stereocenters. The Morgan fingerprint density at radius 2 is 2.16 bits per heavy atom. The average Bonchev–Trinajstić information content (AvgIpc) is 2.42. The highest BCUT2D eigenvalue weighted by Gasteiger charge is 2.04. The molecule has 6 nitrogen and oxygen atoms in total. The predicted molar refractivity (Wildman–Crippen MR) is 67.1 cm³/mol. The second kappa shape index (κ2) is 6.01. The first kappa shape index (κ1) is 13.1. The van der Waals surface area contributed by atoms with Crippen LogP contribution in [0.5, 0.6) is 5.75 Å². The Morgan fingerprint density at radius 1 is 1.32 bits per heavy atom. The van der Waals surface area contributed by atoms with Crippen molar-refractivity contribution >= 4 is 0 Å². The molecule has 2 aromatic heterocycles. The minimum atomic E-state index is -0.365. The highest BCUT2D eigenvalue weighted by Crippen LogP contribution is 2.05. The van der Waals surface area contributed by atoms with Crippen molar-refractivity contribution in [3.8, 4) is 5.75 Å². The first-order valence-electron chi connectivity index (χ1n) is 5.71. The van der Waals surface area contributed by atoms with E-state index in [1.54, 1.807) is 18.3 Å². The summed E-state index contributed by atoms with van der Waals surface area (Å²) in [4.78, 5) is 23.0. The Labute approximate surface area is 108 Å². The molecule has 100 valence electrons. The van der Waals surface area contributed by atoms with Crippen LogP contribution < -0.4 is 15.7 Å². The van der Waals surface area contributed by atoms with Crippen molar-refractivity contribution in [2.45, 2.75) is 13.2 Å². The number of rotatable bonds is 5. The molecule has 0 aromatic carbocycles. The molecule has 0 atom stereocenters. The van der Waals surface area contributed by atoms with Gasteiger partial charge in [0.05, 0.1) is 6.54 Å². The molecule has 0 radical (unpaired) electrons. The van der Waals surface area contributed by atoms with Crippen LogP contribution in [0.1, 0.15) is 5.76 Å². The Kier molecular flexibility index (Phi) is 4.15. The number of aliphatic hydroxyl groups is 1. The molecule has 0 aliphatic carbocycles. The zero-order chi connectivity index (χ0) is 13.7. The van der Waals surface area contributed by atoms with E-state index in [1.165, 1.54) is 16.7 Å². The van der Waals surface area contributed by atoms with Crippen molar-refractivity contribution in [2.75, 3.05) is 6.61 Å². The number of nitrogens with zero attached hydrogens (tertiary/aromatic N) is 1. The normalized spacial score (nSPS) is 10.4. The third kappa shape index (κ3) is 3.32. The molecule has 0 saturated heterocycles. The Balaban J connectivity index is 1.98. The van der Waals surface area contributed by atoms with Crippen molar-refractivity contribution in [2.24, 2.45) is 0 Å². The largest absolute Gasteiger partial charge is 0.485 e. The van der Waals surface area contributed by atoms with Gasteiger partial charge in [0.15, 0.2) is 0 Å². The summed E-state index contributed by atoms with van der Waals surface area (Å²) in [6, 6.07) is 6.02. The van der Waals surface area contributed by atoms with Crippen LogP contribution in [0.2, 0.25) is 0 Å². The lowest BCUT2D eigenvalue weighted by atomic mass is 10.4. The zero-order valence-corrected chi connectivity index (χ0v) is 10.1. The summed E-state index contributed by atoms with van der Waals surface area (Å²) in [7, 11) is 0. The topological polar surface area (TPSA) is 81.7 Å². The van der Waals surface area contributed by atoms with Gasteiger partial charge in [-0.1, -0.05) is 6.07 Å². The van der Waals surface area contributed by atoms with Crippen LogP contribution in [0.4, 0.5) is 0 Å². The van der Waals surface area contributed by atoms with Crippen LogP contribution in [-0.4, -0.2) is 16.3 Å². The molecule has 6 heteroatoms. The summed E-state index contributed by atoms with van der Waals surface area (Å²) in [5, 5.41) is 8.80. The fourth-order valence-corrected chi connectivity index (χ4v) is 1.53. The second-order valence-corrected chi connectivity index (χ2v) is 3.81. The molecule has 0 spiro atoms. The quantitative estimate of drug-likeness (QED) is 0.843. The maximum atomic E-state index is 11.5. The standard InChI is InChI=1S/C13H13NO5/c15-8-10-7-11(16)12(9-19-10)18-6-5-14-4-2-1-3-13(14)17/h1-4,7,9,15H,5-6,8H2. The smallest absolute Gasteiger partial charge is 0.250 e. The van der Waals surface area contributed by atoms with Gasteiger partial charge >= 0.3 is 0 Å². The molecule has 19 heavy (non-hydrogen) atoms. The third-order valence-corrected chi connectivity index (χ3v) is 2.50. The maximum absolute atomic E-state index is 11.5. The Hall–Kier alpha value is -2.34. The molecule has 0 aliphatic heterocycles. The van der Waals surface area contributed by atoms with Crippen LogP contribution in [0.25, 0.3) is 0 Å². The van der Waals surface area contributed by atoms with E-state index in [9.17, 15) is 9.59 Å². The molecular formula is C13H13NO5. The summed E-state index contributed by atoms with van der Waals surface area (Å²) >= 11 is 0. The van der Waals surface area contributed by atoms with Gasteiger partial charge in [0.2, 0.25) is 11.2 Å². The number of hydrogen-bond acceptors (Lipinski definition) is 5. The van der Waals surface area contributed by atoms with Gasteiger partial charge in [0, 0.05) is 18.3 Å². The van der Waals surface area contributed by atoms with E-state index < -0.39 is 0 Å². The van der Waals surface area contributed by atoms with Crippen LogP contribution >= 0.6 is 0 Å². The fraction of sp³-hybridized carbons (Fsp3) is 0.231. The number of pyridine rings is 1. The van der Waals surface area contributed by atoms with Crippen LogP contribution in [0.3, 0.4) is 0 Å². The number of hydrogen-bond donors (Lipinski definition) is 1. The van der Waals surface area contributed by atoms with E-state index >= 15 is 0 Å². The van der Waals surface area contributed by atoms with Gasteiger partial charge in [-0.25, -0.2) is 0 Å². The van der Waals surface area contributed by atoms with E-state index in [-0.39, 0.29) is 35.7 Å². The molecule has 2 heterocycles. The second-order valence-electron chi connectivity index (χ2n) is 3.81. The first-order valence-corrected chi connectivity index (χ1v) is 5.71. The summed E-state index contributed by atoms with van der Waals surface area (Å²) in [6.07, 6.45) is 2.80. The molecule has 2 aromatic rings. The number of ether oxygens (including phenoxy) is 1. The van der Waals surface area contributed by atoms with Gasteiger partial charge in [-0.05, 0) is 6.07 Å². The van der Waals surface area contributed by atoms with E-state index in [0.717, 1.165) is 6.26 Å². The minimum absolute atomic E-state index is 0.0566.